The molecule has 2 aliphatic heterocycles. The highest BCUT2D eigenvalue weighted by Gasteiger charge is 2.33. The van der Waals surface area contributed by atoms with Gasteiger partial charge in [0.05, 0.1) is 12.1 Å². The van der Waals surface area contributed by atoms with Crippen LogP contribution in [0, 0.1) is 13.8 Å². The van der Waals surface area contributed by atoms with Crippen LogP contribution >= 0.6 is 0 Å². The molecule has 2 aliphatic rings. The Balaban J connectivity index is 1.40. The van der Waals surface area contributed by atoms with Gasteiger partial charge in [0.25, 0.3) is 0 Å². The Labute approximate surface area is 189 Å². The maximum Gasteiger partial charge on any atom is 0.309 e. The Bertz CT molecular complexity index is 848. The van der Waals surface area contributed by atoms with Gasteiger partial charge in [-0.25, -0.2) is 0 Å². The molecule has 2 heterocycles. The quantitative estimate of drug-likeness (QED) is 0.717. The SMILES string of the molecule is Cc1ccc([C@@H]2OCCC[C@H]2NC(=O)C(=O)N[C@@H]2CCCO[C@H]2c2ccc(C)cc2)cc1. The minimum atomic E-state index is -0.620. The highest BCUT2D eigenvalue weighted by atomic mass is 16.5. The molecular weight excluding hydrogens is 404 g/mol. The zero-order valence-corrected chi connectivity index (χ0v) is 18.8. The van der Waals surface area contributed by atoms with E-state index in [9.17, 15) is 9.59 Å². The fraction of sp³-hybridized carbons (Fsp3) is 0.462. The van der Waals surface area contributed by atoms with Crippen LogP contribution in [0.2, 0.25) is 0 Å². The molecule has 32 heavy (non-hydrogen) atoms. The molecule has 0 radical (unpaired) electrons. The molecule has 2 aromatic rings. The Morgan fingerprint density at radius 3 is 1.44 bits per heavy atom. The van der Waals surface area contributed by atoms with Crippen molar-refractivity contribution in [3.63, 3.8) is 0 Å². The molecule has 4 atom stereocenters. The molecule has 2 fully saturated rings. The first-order valence-electron chi connectivity index (χ1n) is 11.5. The van der Waals surface area contributed by atoms with E-state index in [0.717, 1.165) is 36.8 Å². The number of hydrogen-bond acceptors (Lipinski definition) is 4. The van der Waals surface area contributed by atoms with Gasteiger partial charge in [0, 0.05) is 13.2 Å². The van der Waals surface area contributed by atoms with E-state index in [-0.39, 0.29) is 24.3 Å². The first kappa shape index (κ1) is 22.5. The van der Waals surface area contributed by atoms with E-state index in [1.165, 1.54) is 11.1 Å². The summed E-state index contributed by atoms with van der Waals surface area (Å²) in [6, 6.07) is 15.8. The summed E-state index contributed by atoms with van der Waals surface area (Å²) in [6.07, 6.45) is 2.74. The molecule has 0 saturated carbocycles. The lowest BCUT2D eigenvalue weighted by molar-refractivity contribution is -0.142. The van der Waals surface area contributed by atoms with E-state index in [0.29, 0.717) is 13.2 Å². The van der Waals surface area contributed by atoms with Gasteiger partial charge in [0.2, 0.25) is 0 Å². The number of hydrogen-bond donors (Lipinski definition) is 2. The average molecular weight is 437 g/mol. The van der Waals surface area contributed by atoms with Crippen LogP contribution in [0.15, 0.2) is 48.5 Å². The van der Waals surface area contributed by atoms with Crippen molar-refractivity contribution in [1.29, 1.82) is 0 Å². The number of benzene rings is 2. The Hall–Kier alpha value is -2.70. The maximum atomic E-state index is 12.8. The topological polar surface area (TPSA) is 76.7 Å². The predicted octanol–water partition coefficient (Wildman–Crippen LogP) is 3.68. The molecule has 0 spiro atoms. The van der Waals surface area contributed by atoms with Crippen LogP contribution in [0.5, 0.6) is 0 Å². The second-order valence-corrected chi connectivity index (χ2v) is 8.85. The fourth-order valence-electron chi connectivity index (χ4n) is 4.50. The summed E-state index contributed by atoms with van der Waals surface area (Å²) in [7, 11) is 0. The molecule has 2 amide bonds. The van der Waals surface area contributed by atoms with Crippen LogP contribution < -0.4 is 10.6 Å². The van der Waals surface area contributed by atoms with Gasteiger partial charge in [-0.1, -0.05) is 59.7 Å². The highest BCUT2D eigenvalue weighted by molar-refractivity contribution is 6.35. The van der Waals surface area contributed by atoms with E-state index in [2.05, 4.69) is 10.6 Å². The number of carbonyl (C=O) groups excluding carboxylic acids is 2. The van der Waals surface area contributed by atoms with Gasteiger partial charge < -0.3 is 20.1 Å². The van der Waals surface area contributed by atoms with Gasteiger partial charge in [-0.3, -0.25) is 9.59 Å². The number of ether oxygens (including phenoxy) is 2. The van der Waals surface area contributed by atoms with Crippen LogP contribution in [0.25, 0.3) is 0 Å². The lowest BCUT2D eigenvalue weighted by atomic mass is 9.94. The Morgan fingerprint density at radius 1 is 0.688 bits per heavy atom. The van der Waals surface area contributed by atoms with Crippen LogP contribution in [-0.2, 0) is 19.1 Å². The monoisotopic (exact) mass is 436 g/mol. The van der Waals surface area contributed by atoms with Crippen molar-refractivity contribution in [1.82, 2.24) is 10.6 Å². The standard InChI is InChI=1S/C26H32N2O4/c1-17-7-11-19(12-8-17)23-21(5-3-15-31-23)27-25(29)26(30)28-22-6-4-16-32-24(22)20-13-9-18(2)10-14-20/h7-14,21-24H,3-6,15-16H2,1-2H3,(H,27,29)(H,28,30)/t21-,22-,23+,24+/m1/s1. The van der Waals surface area contributed by atoms with E-state index >= 15 is 0 Å². The number of aryl methyl sites for hydroxylation is 2. The van der Waals surface area contributed by atoms with Gasteiger partial charge in [0.1, 0.15) is 12.2 Å². The van der Waals surface area contributed by atoms with E-state index in [1.54, 1.807) is 0 Å². The minimum absolute atomic E-state index is 0.236. The summed E-state index contributed by atoms with van der Waals surface area (Å²) >= 11 is 0. The third-order valence-corrected chi connectivity index (χ3v) is 6.30. The lowest BCUT2D eigenvalue weighted by Gasteiger charge is -2.34. The smallest absolute Gasteiger partial charge is 0.309 e. The molecule has 6 heteroatoms. The van der Waals surface area contributed by atoms with Crippen molar-refractivity contribution < 1.29 is 19.1 Å². The van der Waals surface area contributed by atoms with Gasteiger partial charge in [-0.2, -0.15) is 0 Å². The molecule has 0 bridgehead atoms. The van der Waals surface area contributed by atoms with E-state index in [1.807, 2.05) is 62.4 Å². The zero-order valence-electron chi connectivity index (χ0n) is 18.8. The van der Waals surface area contributed by atoms with Crippen LogP contribution in [0.3, 0.4) is 0 Å². The summed E-state index contributed by atoms with van der Waals surface area (Å²) in [5.41, 5.74) is 4.37. The lowest BCUT2D eigenvalue weighted by Crippen LogP contribution is -2.52. The number of nitrogens with one attached hydrogen (secondary N) is 2. The van der Waals surface area contributed by atoms with Gasteiger partial charge in [-0.15, -0.1) is 0 Å². The first-order valence-corrected chi connectivity index (χ1v) is 11.5. The third-order valence-electron chi connectivity index (χ3n) is 6.30. The molecule has 170 valence electrons. The summed E-state index contributed by atoms with van der Waals surface area (Å²) in [5, 5.41) is 5.83. The van der Waals surface area contributed by atoms with Crippen LogP contribution in [-0.4, -0.2) is 37.1 Å². The summed E-state index contributed by atoms with van der Waals surface area (Å²) in [4.78, 5) is 25.6. The second-order valence-electron chi connectivity index (χ2n) is 8.85. The number of carbonyl (C=O) groups is 2. The molecule has 6 nitrogen and oxygen atoms in total. The van der Waals surface area contributed by atoms with Crippen molar-refractivity contribution >= 4 is 11.8 Å². The van der Waals surface area contributed by atoms with Crippen molar-refractivity contribution in [3.05, 3.63) is 70.8 Å². The Kier molecular flexibility index (Phi) is 7.22. The molecule has 2 aromatic carbocycles. The summed E-state index contributed by atoms with van der Waals surface area (Å²) < 4.78 is 11.9. The van der Waals surface area contributed by atoms with Gasteiger partial charge >= 0.3 is 11.8 Å². The zero-order chi connectivity index (χ0) is 22.5. The largest absolute Gasteiger partial charge is 0.371 e. The van der Waals surface area contributed by atoms with Crippen molar-refractivity contribution in [2.45, 2.75) is 63.8 Å². The molecule has 2 N–H and O–H groups in total. The molecule has 4 rings (SSSR count). The van der Waals surface area contributed by atoms with Gasteiger partial charge in [-0.05, 0) is 50.7 Å². The molecule has 0 aliphatic carbocycles. The normalized spacial score (nSPS) is 25.7. The summed E-state index contributed by atoms with van der Waals surface area (Å²) in [5.74, 6) is -1.24. The molecular formula is C26H32N2O4. The van der Waals surface area contributed by atoms with Crippen LogP contribution in [0.4, 0.5) is 0 Å². The highest BCUT2D eigenvalue weighted by Crippen LogP contribution is 2.30. The van der Waals surface area contributed by atoms with Crippen molar-refractivity contribution in [3.8, 4) is 0 Å². The van der Waals surface area contributed by atoms with Crippen molar-refractivity contribution in [2.24, 2.45) is 0 Å². The van der Waals surface area contributed by atoms with Crippen LogP contribution in [0.1, 0.15) is 60.1 Å². The maximum absolute atomic E-state index is 12.8. The average Bonchev–Trinajstić information content (AvgIpc) is 2.81. The third kappa shape index (κ3) is 5.37. The molecule has 0 unspecified atom stereocenters. The van der Waals surface area contributed by atoms with E-state index in [4.69, 9.17) is 9.47 Å². The first-order chi connectivity index (χ1) is 15.5. The number of amides is 2. The van der Waals surface area contributed by atoms with Gasteiger partial charge in [0.15, 0.2) is 0 Å². The van der Waals surface area contributed by atoms with E-state index < -0.39 is 11.8 Å². The van der Waals surface area contributed by atoms with Crippen molar-refractivity contribution in [2.75, 3.05) is 13.2 Å². The second kappa shape index (κ2) is 10.3. The minimum Gasteiger partial charge on any atom is -0.371 e. The molecule has 0 aromatic heterocycles. The fourth-order valence-corrected chi connectivity index (χ4v) is 4.50. The summed E-state index contributed by atoms with van der Waals surface area (Å²) in [6.45, 7) is 5.37. The predicted molar refractivity (Wildman–Crippen MR) is 122 cm³/mol. The Morgan fingerprint density at radius 2 is 1.06 bits per heavy atom. The number of rotatable bonds is 4. The molecule has 2 saturated heterocycles.